The van der Waals surface area contributed by atoms with Crippen molar-refractivity contribution in [2.24, 2.45) is 0 Å². The zero-order valence-corrected chi connectivity index (χ0v) is 17.6. The Kier molecular flexibility index (Phi) is 5.96. The van der Waals surface area contributed by atoms with Crippen molar-refractivity contribution in [3.8, 4) is 0 Å². The van der Waals surface area contributed by atoms with Gasteiger partial charge in [0, 0.05) is 11.4 Å². The fourth-order valence-electron chi connectivity index (χ4n) is 2.99. The van der Waals surface area contributed by atoms with Gasteiger partial charge in [-0.2, -0.15) is 4.98 Å². The molecule has 1 aromatic heterocycles. The van der Waals surface area contributed by atoms with Crippen molar-refractivity contribution in [2.45, 2.75) is 33.3 Å². The summed E-state index contributed by atoms with van der Waals surface area (Å²) in [6.45, 7) is 6.45. The van der Waals surface area contributed by atoms with Crippen molar-refractivity contribution in [3.05, 3.63) is 58.4 Å². The lowest BCUT2D eigenvalue weighted by atomic mass is 10.1. The van der Waals surface area contributed by atoms with Gasteiger partial charge in [-0.05, 0) is 57.5 Å². The Morgan fingerprint density at radius 3 is 2.45 bits per heavy atom. The topological polar surface area (TPSA) is 122 Å². The van der Waals surface area contributed by atoms with Crippen molar-refractivity contribution in [3.63, 3.8) is 0 Å². The summed E-state index contributed by atoms with van der Waals surface area (Å²) in [5.74, 6) is -1.11. The lowest BCUT2D eigenvalue weighted by Crippen LogP contribution is -2.28. The Labute approximate surface area is 178 Å². The Morgan fingerprint density at radius 2 is 1.84 bits per heavy atom. The van der Waals surface area contributed by atoms with Gasteiger partial charge in [0.25, 0.3) is 0 Å². The number of ether oxygens (including phenoxy) is 1. The maximum atomic E-state index is 12.8. The van der Waals surface area contributed by atoms with Gasteiger partial charge in [0.1, 0.15) is 12.1 Å². The molecule has 2 aromatic carbocycles. The summed E-state index contributed by atoms with van der Waals surface area (Å²) in [6.07, 6.45) is -0.652. The summed E-state index contributed by atoms with van der Waals surface area (Å²) in [7, 11) is 0. The van der Waals surface area contributed by atoms with E-state index in [2.05, 4.69) is 10.3 Å². The summed E-state index contributed by atoms with van der Waals surface area (Å²) >= 11 is 0. The number of para-hydroxylation sites is 1. The molecule has 0 bridgehead atoms. The first-order valence-electron chi connectivity index (χ1n) is 9.54. The van der Waals surface area contributed by atoms with Crippen molar-refractivity contribution >= 4 is 40.4 Å². The molecule has 3 rings (SSSR count). The maximum Gasteiger partial charge on any atom is 0.412 e. The maximum absolute atomic E-state index is 12.8. The third-order valence-electron chi connectivity index (χ3n) is 4.27. The number of hydrogen-bond acceptors (Lipinski definition) is 7. The molecule has 9 heteroatoms. The van der Waals surface area contributed by atoms with Gasteiger partial charge >= 0.3 is 23.7 Å². The molecule has 9 nitrogen and oxygen atoms in total. The highest BCUT2D eigenvalue weighted by Crippen LogP contribution is 2.27. The molecule has 0 saturated heterocycles. The molecule has 2 N–H and O–H groups in total. The molecule has 1 heterocycles. The molecule has 1 amide bonds. The zero-order valence-electron chi connectivity index (χ0n) is 17.6. The Morgan fingerprint density at radius 1 is 1.16 bits per heavy atom. The van der Waals surface area contributed by atoms with E-state index in [1.807, 2.05) is 0 Å². The molecule has 0 unspecified atom stereocenters. The number of rotatable bonds is 5. The summed E-state index contributed by atoms with van der Waals surface area (Å²) in [5.41, 5.74) is 0.297. The number of anilines is 3. The van der Waals surface area contributed by atoms with E-state index in [-0.39, 0.29) is 11.4 Å². The number of hydrogen-bond donors (Lipinski definition) is 2. The largest absolute Gasteiger partial charge is 0.480 e. The first-order chi connectivity index (χ1) is 14.5. The van der Waals surface area contributed by atoms with Gasteiger partial charge in [0.2, 0.25) is 0 Å². The van der Waals surface area contributed by atoms with Crippen molar-refractivity contribution in [1.29, 1.82) is 0 Å². The van der Waals surface area contributed by atoms with Crippen LogP contribution in [0.1, 0.15) is 26.3 Å². The minimum absolute atomic E-state index is 0.140. The van der Waals surface area contributed by atoms with Gasteiger partial charge in [0.05, 0.1) is 10.9 Å². The highest BCUT2D eigenvalue weighted by molar-refractivity contribution is 5.93. The van der Waals surface area contributed by atoms with Crippen molar-refractivity contribution < 1.29 is 23.8 Å². The van der Waals surface area contributed by atoms with Gasteiger partial charge in [0.15, 0.2) is 0 Å². The molecule has 31 heavy (non-hydrogen) atoms. The normalized spacial score (nSPS) is 11.2. The van der Waals surface area contributed by atoms with E-state index in [4.69, 9.17) is 9.15 Å². The molecule has 0 atom stereocenters. The standard InChI is InChI=1S/C22H23N3O6/c1-13-15(24-21(29)31-22(2,3)4)10-11-16-18(13)19(28)30-20(23-16)25(12-17(26)27)14-8-6-5-7-9-14/h5-11H,12H2,1-4H3,(H,24,29)(H,26,27). The van der Waals surface area contributed by atoms with E-state index in [1.165, 1.54) is 4.90 Å². The van der Waals surface area contributed by atoms with Gasteiger partial charge in [-0.15, -0.1) is 0 Å². The van der Waals surface area contributed by atoms with Crippen LogP contribution in [-0.2, 0) is 9.53 Å². The minimum Gasteiger partial charge on any atom is -0.480 e. The number of fused-ring (bicyclic) bond motifs is 1. The lowest BCUT2D eigenvalue weighted by Gasteiger charge is -2.21. The van der Waals surface area contributed by atoms with Gasteiger partial charge in [-0.25, -0.2) is 9.59 Å². The number of aryl methyl sites for hydroxylation is 1. The van der Waals surface area contributed by atoms with Crippen molar-refractivity contribution in [2.75, 3.05) is 16.8 Å². The molecule has 0 aliphatic carbocycles. The van der Waals surface area contributed by atoms with E-state index in [1.54, 1.807) is 70.2 Å². The predicted molar refractivity (Wildman–Crippen MR) is 116 cm³/mol. The van der Waals surface area contributed by atoms with E-state index in [0.717, 1.165) is 0 Å². The summed E-state index contributed by atoms with van der Waals surface area (Å²) in [6, 6.07) is 11.7. The van der Waals surface area contributed by atoms with Crippen LogP contribution in [-0.4, -0.2) is 34.3 Å². The average molecular weight is 425 g/mol. The number of aliphatic carboxylic acids is 1. The number of amides is 1. The monoisotopic (exact) mass is 425 g/mol. The van der Waals surface area contributed by atoms with Crippen LogP contribution in [0.2, 0.25) is 0 Å². The highest BCUT2D eigenvalue weighted by atomic mass is 16.6. The SMILES string of the molecule is Cc1c(NC(=O)OC(C)(C)C)ccc2nc(N(CC(=O)O)c3ccccc3)oc(=O)c12. The zero-order chi connectivity index (χ0) is 22.8. The number of benzene rings is 2. The molecule has 3 aromatic rings. The van der Waals surface area contributed by atoms with E-state index in [0.29, 0.717) is 22.5 Å². The molecular weight excluding hydrogens is 402 g/mol. The van der Waals surface area contributed by atoms with Crippen LogP contribution in [0.15, 0.2) is 51.7 Å². The molecule has 0 spiro atoms. The molecule has 0 aliphatic rings. The second-order valence-electron chi connectivity index (χ2n) is 7.86. The Hall–Kier alpha value is -3.88. The first kappa shape index (κ1) is 21.8. The fraction of sp³-hybridized carbons (Fsp3) is 0.273. The molecule has 0 fully saturated rings. The van der Waals surface area contributed by atoms with Crippen LogP contribution in [0, 0.1) is 6.92 Å². The number of carboxylic acids is 1. The molecule has 0 radical (unpaired) electrons. The predicted octanol–water partition coefficient (Wildman–Crippen LogP) is 4.07. The number of nitrogens with one attached hydrogen (secondary N) is 1. The van der Waals surface area contributed by atoms with Crippen LogP contribution in [0.4, 0.5) is 22.2 Å². The third-order valence-corrected chi connectivity index (χ3v) is 4.27. The summed E-state index contributed by atoms with van der Waals surface area (Å²) < 4.78 is 10.6. The first-order valence-corrected chi connectivity index (χ1v) is 9.54. The van der Waals surface area contributed by atoms with Crippen LogP contribution in [0.3, 0.4) is 0 Å². The van der Waals surface area contributed by atoms with Gasteiger partial charge < -0.3 is 14.3 Å². The molecule has 162 valence electrons. The smallest absolute Gasteiger partial charge is 0.412 e. The van der Waals surface area contributed by atoms with Crippen LogP contribution in [0.5, 0.6) is 0 Å². The Balaban J connectivity index is 2.03. The molecule has 0 saturated carbocycles. The van der Waals surface area contributed by atoms with E-state index < -0.39 is 29.8 Å². The number of aromatic nitrogens is 1. The second kappa shape index (κ2) is 8.47. The minimum atomic E-state index is -1.11. The fourth-order valence-corrected chi connectivity index (χ4v) is 2.99. The van der Waals surface area contributed by atoms with E-state index >= 15 is 0 Å². The quantitative estimate of drug-likeness (QED) is 0.627. The average Bonchev–Trinajstić information content (AvgIpc) is 2.67. The number of nitrogens with zero attached hydrogens (tertiary/aromatic N) is 2. The van der Waals surface area contributed by atoms with Gasteiger partial charge in [-0.3, -0.25) is 15.0 Å². The lowest BCUT2D eigenvalue weighted by molar-refractivity contribution is -0.135. The van der Waals surface area contributed by atoms with Crippen molar-refractivity contribution in [1.82, 2.24) is 4.98 Å². The molecular formula is C22H23N3O6. The highest BCUT2D eigenvalue weighted by Gasteiger charge is 2.21. The Bertz CT molecular complexity index is 1180. The number of carboxylic acid groups (broad SMARTS) is 1. The second-order valence-corrected chi connectivity index (χ2v) is 7.86. The van der Waals surface area contributed by atoms with Crippen LogP contribution >= 0.6 is 0 Å². The van der Waals surface area contributed by atoms with Gasteiger partial charge in [-0.1, -0.05) is 18.2 Å². The third kappa shape index (κ3) is 5.19. The van der Waals surface area contributed by atoms with Crippen LogP contribution < -0.4 is 15.8 Å². The number of carbonyl (C=O) groups is 2. The molecule has 0 aliphatic heterocycles. The summed E-state index contributed by atoms with van der Waals surface area (Å²) in [4.78, 5) is 41.9. The number of carbonyl (C=O) groups excluding carboxylic acids is 1. The summed E-state index contributed by atoms with van der Waals surface area (Å²) in [5, 5.41) is 12.1. The van der Waals surface area contributed by atoms with Crippen LogP contribution in [0.25, 0.3) is 10.9 Å². The van der Waals surface area contributed by atoms with E-state index in [9.17, 15) is 19.5 Å².